The van der Waals surface area contributed by atoms with E-state index in [2.05, 4.69) is 36.5 Å². The average molecular weight is 471 g/mol. The molecule has 0 aliphatic rings. The molecule has 4 rings (SSSR count). The molecule has 0 aliphatic heterocycles. The smallest absolute Gasteiger partial charge is 0.274 e. The van der Waals surface area contributed by atoms with E-state index in [1.54, 1.807) is 16.9 Å². The zero-order valence-corrected chi connectivity index (χ0v) is 17.8. The lowest BCUT2D eigenvalue weighted by Crippen LogP contribution is -2.13. The Morgan fingerprint density at radius 1 is 1.21 bits per heavy atom. The first-order chi connectivity index (χ1) is 14.0. The minimum Gasteiger partial charge on any atom is -0.303 e. The van der Waals surface area contributed by atoms with E-state index in [9.17, 15) is 4.79 Å². The van der Waals surface area contributed by atoms with Gasteiger partial charge < -0.3 is 5.32 Å². The number of nitrogens with zero attached hydrogens (tertiary/aromatic N) is 3. The first-order valence-corrected chi connectivity index (χ1v) is 10.1. The fourth-order valence-electron chi connectivity index (χ4n) is 2.85. The lowest BCUT2D eigenvalue weighted by Gasteiger charge is -2.04. The number of anilines is 1. The molecule has 0 unspecified atom stereocenters. The molecular formula is C21H17BrClN5O. The van der Waals surface area contributed by atoms with E-state index in [4.69, 9.17) is 11.6 Å². The minimum absolute atomic E-state index is 0.320. The van der Waals surface area contributed by atoms with Crippen molar-refractivity contribution in [3.05, 3.63) is 87.1 Å². The highest BCUT2D eigenvalue weighted by Gasteiger charge is 2.15. The molecule has 146 valence electrons. The van der Waals surface area contributed by atoms with E-state index in [0.717, 1.165) is 11.1 Å². The second-order valence-electron chi connectivity index (χ2n) is 6.60. The highest BCUT2D eigenvalue weighted by Crippen LogP contribution is 2.24. The maximum Gasteiger partial charge on any atom is 0.274 e. The molecule has 0 bridgehead atoms. The van der Waals surface area contributed by atoms with Crippen LogP contribution in [0.25, 0.3) is 11.3 Å². The Hall–Kier alpha value is -2.90. The van der Waals surface area contributed by atoms with Crippen molar-refractivity contribution in [3.8, 4) is 11.3 Å². The van der Waals surface area contributed by atoms with E-state index < -0.39 is 0 Å². The summed E-state index contributed by atoms with van der Waals surface area (Å²) >= 11 is 9.65. The molecule has 2 heterocycles. The summed E-state index contributed by atoms with van der Waals surface area (Å²) < 4.78 is 2.39. The molecule has 2 N–H and O–H groups in total. The molecule has 0 radical (unpaired) electrons. The topological polar surface area (TPSA) is 75.6 Å². The van der Waals surface area contributed by atoms with Crippen LogP contribution in [0.3, 0.4) is 0 Å². The molecule has 0 atom stereocenters. The molecule has 0 saturated heterocycles. The molecule has 4 aromatic rings. The number of carbonyl (C=O) groups is 1. The van der Waals surface area contributed by atoms with Crippen molar-refractivity contribution in [1.29, 1.82) is 0 Å². The molecule has 8 heteroatoms. The number of aryl methyl sites for hydroxylation is 1. The Bertz CT molecular complexity index is 1170. The van der Waals surface area contributed by atoms with Crippen molar-refractivity contribution in [2.75, 3.05) is 5.32 Å². The van der Waals surface area contributed by atoms with E-state index in [-0.39, 0.29) is 5.91 Å². The predicted molar refractivity (Wildman–Crippen MR) is 117 cm³/mol. The maximum absolute atomic E-state index is 12.6. The predicted octanol–water partition coefficient (Wildman–Crippen LogP) is 5.30. The summed E-state index contributed by atoms with van der Waals surface area (Å²) in [6.07, 6.45) is 1.80. The van der Waals surface area contributed by atoms with Crippen LogP contribution in [0, 0.1) is 6.92 Å². The number of hydrogen-bond acceptors (Lipinski definition) is 3. The molecule has 2 aromatic heterocycles. The van der Waals surface area contributed by atoms with Gasteiger partial charge in [0.15, 0.2) is 5.82 Å². The van der Waals surface area contributed by atoms with Gasteiger partial charge in [0.05, 0.1) is 16.7 Å². The SMILES string of the molecule is Cc1ccc(-c2cc(C(=O)Nc3nn(Cc4ccccc4Cl)cc3Br)[nH]n2)cc1. The normalized spacial score (nSPS) is 10.9. The van der Waals surface area contributed by atoms with Gasteiger partial charge in [0, 0.05) is 16.8 Å². The molecule has 6 nitrogen and oxygen atoms in total. The van der Waals surface area contributed by atoms with E-state index in [0.29, 0.717) is 33.2 Å². The van der Waals surface area contributed by atoms with Gasteiger partial charge in [-0.2, -0.15) is 10.2 Å². The fraction of sp³-hybridized carbons (Fsp3) is 0.0952. The number of aromatic nitrogens is 4. The highest BCUT2D eigenvalue weighted by atomic mass is 79.9. The van der Waals surface area contributed by atoms with Crippen LogP contribution in [0.15, 0.2) is 65.3 Å². The summed E-state index contributed by atoms with van der Waals surface area (Å²) in [6.45, 7) is 2.52. The Balaban J connectivity index is 1.48. The second kappa shape index (κ2) is 8.23. The molecule has 0 aliphatic carbocycles. The number of hydrogen-bond donors (Lipinski definition) is 2. The molecule has 0 saturated carbocycles. The lowest BCUT2D eigenvalue weighted by molar-refractivity contribution is 0.102. The van der Waals surface area contributed by atoms with Crippen LogP contribution in [0.1, 0.15) is 21.6 Å². The number of nitrogens with one attached hydrogen (secondary N) is 2. The van der Waals surface area contributed by atoms with Crippen LogP contribution >= 0.6 is 27.5 Å². The number of halogens is 2. The molecular weight excluding hydrogens is 454 g/mol. The summed E-state index contributed by atoms with van der Waals surface area (Å²) in [7, 11) is 0. The van der Waals surface area contributed by atoms with Crippen LogP contribution < -0.4 is 5.32 Å². The molecule has 29 heavy (non-hydrogen) atoms. The third kappa shape index (κ3) is 4.41. The van der Waals surface area contributed by atoms with Gasteiger partial charge in [-0.05, 0) is 40.5 Å². The number of aromatic amines is 1. The number of carbonyl (C=O) groups excluding carboxylic acids is 1. The van der Waals surface area contributed by atoms with Crippen molar-refractivity contribution in [2.45, 2.75) is 13.5 Å². The van der Waals surface area contributed by atoms with Gasteiger partial charge in [-0.3, -0.25) is 14.6 Å². The van der Waals surface area contributed by atoms with E-state index >= 15 is 0 Å². The Morgan fingerprint density at radius 2 is 1.97 bits per heavy atom. The van der Waals surface area contributed by atoms with Crippen LogP contribution in [0.4, 0.5) is 5.82 Å². The zero-order chi connectivity index (χ0) is 20.4. The van der Waals surface area contributed by atoms with Crippen molar-refractivity contribution in [3.63, 3.8) is 0 Å². The summed E-state index contributed by atoms with van der Waals surface area (Å²) in [4.78, 5) is 12.6. The largest absolute Gasteiger partial charge is 0.303 e. The third-order valence-corrected chi connectivity index (χ3v) is 5.36. The van der Waals surface area contributed by atoms with Crippen LogP contribution in [-0.4, -0.2) is 25.9 Å². The van der Waals surface area contributed by atoms with Crippen molar-refractivity contribution in [2.24, 2.45) is 0 Å². The van der Waals surface area contributed by atoms with Gasteiger partial charge in [0.1, 0.15) is 5.69 Å². The average Bonchev–Trinajstić information content (AvgIpc) is 3.32. The van der Waals surface area contributed by atoms with Gasteiger partial charge in [-0.1, -0.05) is 59.6 Å². The Kier molecular flexibility index (Phi) is 5.51. The number of amides is 1. The molecule has 0 fully saturated rings. The van der Waals surface area contributed by atoms with Crippen LogP contribution in [0.5, 0.6) is 0 Å². The first kappa shape index (κ1) is 19.4. The van der Waals surface area contributed by atoms with Gasteiger partial charge in [0.25, 0.3) is 5.91 Å². The summed E-state index contributed by atoms with van der Waals surface area (Å²) in [6, 6.07) is 17.3. The summed E-state index contributed by atoms with van der Waals surface area (Å²) in [5.41, 5.74) is 4.11. The first-order valence-electron chi connectivity index (χ1n) is 8.90. The van der Waals surface area contributed by atoms with Crippen molar-refractivity contribution < 1.29 is 4.79 Å². The summed E-state index contributed by atoms with van der Waals surface area (Å²) in [5, 5.41) is 14.9. The van der Waals surface area contributed by atoms with Gasteiger partial charge in [-0.15, -0.1) is 0 Å². The monoisotopic (exact) mass is 469 g/mol. The zero-order valence-electron chi connectivity index (χ0n) is 15.5. The van der Waals surface area contributed by atoms with E-state index in [1.165, 1.54) is 5.56 Å². The lowest BCUT2D eigenvalue weighted by atomic mass is 10.1. The number of rotatable bonds is 5. The quantitative estimate of drug-likeness (QED) is 0.416. The van der Waals surface area contributed by atoms with Crippen LogP contribution in [0.2, 0.25) is 5.02 Å². The highest BCUT2D eigenvalue weighted by molar-refractivity contribution is 9.10. The van der Waals surface area contributed by atoms with Gasteiger partial charge >= 0.3 is 0 Å². The summed E-state index contributed by atoms with van der Waals surface area (Å²) in [5.74, 6) is 0.105. The minimum atomic E-state index is -0.320. The van der Waals surface area contributed by atoms with Crippen LogP contribution in [-0.2, 0) is 6.54 Å². The number of H-pyrrole nitrogens is 1. The maximum atomic E-state index is 12.6. The van der Waals surface area contributed by atoms with Gasteiger partial charge in [-0.25, -0.2) is 0 Å². The third-order valence-electron chi connectivity index (χ3n) is 4.41. The Morgan fingerprint density at radius 3 is 2.72 bits per heavy atom. The fourth-order valence-corrected chi connectivity index (χ4v) is 3.46. The second-order valence-corrected chi connectivity index (χ2v) is 7.86. The van der Waals surface area contributed by atoms with Crippen molar-refractivity contribution in [1.82, 2.24) is 20.0 Å². The molecule has 2 aromatic carbocycles. The van der Waals surface area contributed by atoms with Gasteiger partial charge in [0.2, 0.25) is 0 Å². The standard InChI is InChI=1S/C21H17BrClN5O/c1-13-6-8-14(9-7-13)18-10-19(26-25-18)21(29)24-20-16(22)12-28(27-20)11-15-4-2-3-5-17(15)23/h2-10,12H,11H2,1H3,(H,25,26)(H,24,27,29). The molecule has 1 amide bonds. The van der Waals surface area contributed by atoms with Crippen molar-refractivity contribution >= 4 is 39.3 Å². The van der Waals surface area contributed by atoms with E-state index in [1.807, 2.05) is 55.5 Å². The number of benzene rings is 2. The molecule has 0 spiro atoms. The Labute approximate surface area is 181 Å².